The van der Waals surface area contributed by atoms with Crippen LogP contribution in [0.25, 0.3) is 11.0 Å². The van der Waals surface area contributed by atoms with Crippen LogP contribution >= 0.6 is 0 Å². The molecule has 138 valence electrons. The fourth-order valence-corrected chi connectivity index (χ4v) is 3.49. The lowest BCUT2D eigenvalue weighted by atomic mass is 9.96. The number of piperidine rings is 1. The molecule has 1 aromatic heterocycles. The van der Waals surface area contributed by atoms with Crippen LogP contribution in [0.2, 0.25) is 0 Å². The van der Waals surface area contributed by atoms with Crippen molar-refractivity contribution in [1.29, 1.82) is 0 Å². The van der Waals surface area contributed by atoms with Gasteiger partial charge in [-0.05, 0) is 49.9 Å². The van der Waals surface area contributed by atoms with Gasteiger partial charge in [-0.3, -0.25) is 4.79 Å². The first kappa shape index (κ1) is 18.0. The smallest absolute Gasteiger partial charge is 0.340 e. The predicted molar refractivity (Wildman–Crippen MR) is 91.6 cm³/mol. The van der Waals surface area contributed by atoms with E-state index in [1.54, 1.807) is 30.9 Å². The van der Waals surface area contributed by atoms with Gasteiger partial charge in [-0.1, -0.05) is 0 Å². The van der Waals surface area contributed by atoms with E-state index in [1.165, 1.54) is 0 Å². The minimum absolute atomic E-state index is 0.00437. The SMILES string of the molecule is Cc1cc(O)c2c(C)c(CC(=O)N3CCC(C(=O)[O-])CC3)c(=O)oc2c1. The third-order valence-corrected chi connectivity index (χ3v) is 5.01. The zero-order valence-corrected chi connectivity index (χ0v) is 14.7. The molecule has 1 amide bonds. The standard InChI is InChI=1S/C19H21NO6/c1-10-7-14(21)17-11(2)13(19(25)26-15(17)8-10)9-16(22)20-5-3-12(4-6-20)18(23)24/h7-8,12,21H,3-6,9H2,1-2H3,(H,23,24)/p-1. The number of hydrogen-bond acceptors (Lipinski definition) is 6. The summed E-state index contributed by atoms with van der Waals surface area (Å²) in [7, 11) is 0. The van der Waals surface area contributed by atoms with Crippen LogP contribution in [-0.2, 0) is 16.0 Å². The monoisotopic (exact) mass is 358 g/mol. The molecule has 0 radical (unpaired) electrons. The van der Waals surface area contributed by atoms with E-state index in [-0.39, 0.29) is 29.2 Å². The number of aliphatic carboxylic acids is 1. The summed E-state index contributed by atoms with van der Waals surface area (Å²) in [5.41, 5.74) is 1.18. The predicted octanol–water partition coefficient (Wildman–Crippen LogP) is 0.646. The number of hydrogen-bond donors (Lipinski definition) is 1. The van der Waals surface area contributed by atoms with E-state index in [4.69, 9.17) is 4.42 Å². The Morgan fingerprint density at radius 3 is 2.54 bits per heavy atom. The number of aromatic hydroxyl groups is 1. The Hall–Kier alpha value is -2.83. The maximum atomic E-state index is 12.5. The summed E-state index contributed by atoms with van der Waals surface area (Å²) in [6.07, 6.45) is 0.548. The molecule has 0 atom stereocenters. The maximum Gasteiger partial charge on any atom is 0.340 e. The van der Waals surface area contributed by atoms with Gasteiger partial charge in [-0.25, -0.2) is 4.79 Å². The van der Waals surface area contributed by atoms with Crippen LogP contribution in [0.15, 0.2) is 21.3 Å². The molecule has 3 rings (SSSR count). The third-order valence-electron chi connectivity index (χ3n) is 5.01. The van der Waals surface area contributed by atoms with E-state index < -0.39 is 17.5 Å². The van der Waals surface area contributed by atoms with Gasteiger partial charge < -0.3 is 24.3 Å². The van der Waals surface area contributed by atoms with Crippen molar-refractivity contribution < 1.29 is 24.2 Å². The van der Waals surface area contributed by atoms with Crippen LogP contribution in [0.3, 0.4) is 0 Å². The Labute approximate surface area is 149 Å². The molecule has 1 saturated heterocycles. The highest BCUT2D eigenvalue weighted by Gasteiger charge is 2.25. The van der Waals surface area contributed by atoms with Crippen LogP contribution in [0.4, 0.5) is 0 Å². The molecule has 0 saturated carbocycles. The lowest BCUT2D eigenvalue weighted by molar-refractivity contribution is -0.312. The number of amides is 1. The Balaban J connectivity index is 1.86. The van der Waals surface area contributed by atoms with Crippen molar-refractivity contribution in [3.8, 4) is 5.75 Å². The van der Waals surface area contributed by atoms with E-state index in [0.29, 0.717) is 36.9 Å². The molecule has 1 aromatic carbocycles. The van der Waals surface area contributed by atoms with Crippen molar-refractivity contribution in [1.82, 2.24) is 4.90 Å². The molecule has 7 heteroatoms. The molecule has 0 aliphatic carbocycles. The minimum atomic E-state index is -1.09. The Morgan fingerprint density at radius 2 is 1.92 bits per heavy atom. The van der Waals surface area contributed by atoms with E-state index in [9.17, 15) is 24.6 Å². The largest absolute Gasteiger partial charge is 0.550 e. The van der Waals surface area contributed by atoms with Gasteiger partial charge in [0.2, 0.25) is 5.91 Å². The Kier molecular flexibility index (Phi) is 4.71. The number of phenols is 1. The van der Waals surface area contributed by atoms with E-state index >= 15 is 0 Å². The summed E-state index contributed by atoms with van der Waals surface area (Å²) in [4.78, 5) is 37.3. The first-order valence-corrected chi connectivity index (χ1v) is 8.52. The number of carboxylic acid groups (broad SMARTS) is 1. The van der Waals surface area contributed by atoms with Crippen molar-refractivity contribution >= 4 is 22.8 Å². The van der Waals surface area contributed by atoms with Gasteiger partial charge in [0.1, 0.15) is 11.3 Å². The third kappa shape index (κ3) is 3.29. The molecule has 1 N–H and O–H groups in total. The first-order chi connectivity index (χ1) is 12.3. The molecule has 2 heterocycles. The number of rotatable bonds is 3. The first-order valence-electron chi connectivity index (χ1n) is 8.52. The number of fused-ring (bicyclic) bond motifs is 1. The van der Waals surface area contributed by atoms with Crippen LogP contribution in [0.5, 0.6) is 5.75 Å². The molecule has 1 aliphatic heterocycles. The number of carbonyl (C=O) groups is 2. The number of likely N-dealkylation sites (tertiary alicyclic amines) is 1. The molecule has 2 aromatic rings. The van der Waals surface area contributed by atoms with Crippen LogP contribution in [0, 0.1) is 19.8 Å². The average Bonchev–Trinajstić information content (AvgIpc) is 2.57. The summed E-state index contributed by atoms with van der Waals surface area (Å²) in [5, 5.41) is 21.5. The number of phenolic OH excluding ortho intramolecular Hbond substituents is 1. The zero-order valence-electron chi connectivity index (χ0n) is 14.7. The Bertz CT molecular complexity index is 937. The topological polar surface area (TPSA) is 111 Å². The molecule has 0 spiro atoms. The molecule has 1 fully saturated rings. The second-order valence-corrected chi connectivity index (χ2v) is 6.80. The summed E-state index contributed by atoms with van der Waals surface area (Å²) in [6.45, 7) is 4.10. The van der Waals surface area contributed by atoms with Crippen LogP contribution < -0.4 is 10.7 Å². The lowest BCUT2D eigenvalue weighted by Crippen LogP contribution is -2.44. The fourth-order valence-electron chi connectivity index (χ4n) is 3.49. The highest BCUT2D eigenvalue weighted by molar-refractivity contribution is 5.89. The molecule has 26 heavy (non-hydrogen) atoms. The van der Waals surface area contributed by atoms with Crippen molar-refractivity contribution in [2.75, 3.05) is 13.1 Å². The van der Waals surface area contributed by atoms with Crippen molar-refractivity contribution in [2.45, 2.75) is 33.1 Å². The van der Waals surface area contributed by atoms with E-state index in [1.807, 2.05) is 0 Å². The highest BCUT2D eigenvalue weighted by atomic mass is 16.4. The summed E-state index contributed by atoms with van der Waals surface area (Å²) >= 11 is 0. The van der Waals surface area contributed by atoms with Gasteiger partial charge in [-0.15, -0.1) is 0 Å². The summed E-state index contributed by atoms with van der Waals surface area (Å²) in [6, 6.07) is 3.24. The van der Waals surface area contributed by atoms with Gasteiger partial charge in [0.05, 0.1) is 17.4 Å². The summed E-state index contributed by atoms with van der Waals surface area (Å²) in [5.74, 6) is -1.88. The number of carbonyl (C=O) groups excluding carboxylic acids is 2. The van der Waals surface area contributed by atoms with Crippen molar-refractivity contribution in [3.05, 3.63) is 39.2 Å². The second-order valence-electron chi connectivity index (χ2n) is 6.80. The molecular formula is C19H20NO6-. The van der Waals surface area contributed by atoms with Crippen LogP contribution in [-0.4, -0.2) is 35.0 Å². The molecule has 0 bridgehead atoms. The van der Waals surface area contributed by atoms with Crippen LogP contribution in [0.1, 0.15) is 29.5 Å². The van der Waals surface area contributed by atoms with Gasteiger partial charge in [0.25, 0.3) is 0 Å². The number of aryl methyl sites for hydroxylation is 2. The Morgan fingerprint density at radius 1 is 1.27 bits per heavy atom. The molecule has 7 nitrogen and oxygen atoms in total. The number of nitrogens with zero attached hydrogens (tertiary/aromatic N) is 1. The van der Waals surface area contributed by atoms with E-state index in [0.717, 1.165) is 5.56 Å². The second kappa shape index (κ2) is 6.82. The van der Waals surface area contributed by atoms with Gasteiger partial charge in [0.15, 0.2) is 0 Å². The molecular weight excluding hydrogens is 338 g/mol. The molecule has 0 unspecified atom stereocenters. The lowest BCUT2D eigenvalue weighted by Gasteiger charge is -2.32. The van der Waals surface area contributed by atoms with Gasteiger partial charge in [0, 0.05) is 25.0 Å². The van der Waals surface area contributed by atoms with Crippen molar-refractivity contribution in [3.63, 3.8) is 0 Å². The maximum absolute atomic E-state index is 12.5. The van der Waals surface area contributed by atoms with E-state index in [2.05, 4.69) is 0 Å². The highest BCUT2D eigenvalue weighted by Crippen LogP contribution is 2.30. The normalized spacial score (nSPS) is 15.4. The quantitative estimate of drug-likeness (QED) is 0.807. The number of carboxylic acids is 1. The van der Waals surface area contributed by atoms with Gasteiger partial charge >= 0.3 is 5.63 Å². The van der Waals surface area contributed by atoms with Gasteiger partial charge in [-0.2, -0.15) is 0 Å². The molecule has 1 aliphatic rings. The summed E-state index contributed by atoms with van der Waals surface area (Å²) < 4.78 is 5.30. The number of benzene rings is 1. The fraction of sp³-hybridized carbons (Fsp3) is 0.421. The minimum Gasteiger partial charge on any atom is -0.550 e. The van der Waals surface area contributed by atoms with Crippen molar-refractivity contribution in [2.24, 2.45) is 5.92 Å². The zero-order chi connectivity index (χ0) is 19.0. The average molecular weight is 358 g/mol.